The van der Waals surface area contributed by atoms with E-state index >= 15 is 0 Å². The number of hydrogen-bond donors (Lipinski definition) is 1. The van der Waals surface area contributed by atoms with Crippen LogP contribution in [0.2, 0.25) is 0 Å². The zero-order chi connectivity index (χ0) is 24.5. The molecule has 2 fully saturated rings. The van der Waals surface area contributed by atoms with E-state index < -0.39 is 0 Å². The fourth-order valence-corrected chi connectivity index (χ4v) is 5.84. The minimum Gasteiger partial charge on any atom is -0.457 e. The van der Waals surface area contributed by atoms with Gasteiger partial charge in [0.05, 0.1) is 5.39 Å². The Bertz CT molecular complexity index is 1310. The molecule has 0 bridgehead atoms. The summed E-state index contributed by atoms with van der Waals surface area (Å²) in [7, 11) is 2.22. The van der Waals surface area contributed by atoms with Crippen LogP contribution in [0.3, 0.4) is 0 Å². The second-order valence-corrected chi connectivity index (χ2v) is 10.2. The van der Waals surface area contributed by atoms with E-state index in [2.05, 4.69) is 44.7 Å². The highest BCUT2D eigenvalue weighted by molar-refractivity contribution is 6.00. The molecule has 0 unspecified atom stereocenters. The topological polar surface area (TPSA) is 72.4 Å². The molecule has 7 nitrogen and oxygen atoms in total. The van der Waals surface area contributed by atoms with Crippen LogP contribution in [-0.4, -0.2) is 63.6 Å². The maximum Gasteiger partial charge on any atom is 0.146 e. The maximum absolute atomic E-state index is 6.42. The highest BCUT2D eigenvalue weighted by Crippen LogP contribution is 2.39. The average Bonchev–Trinajstić information content (AvgIpc) is 3.31. The molecule has 0 spiro atoms. The third-order valence-corrected chi connectivity index (χ3v) is 7.85. The van der Waals surface area contributed by atoms with Gasteiger partial charge in [-0.3, -0.25) is 4.90 Å². The quantitative estimate of drug-likeness (QED) is 0.421. The van der Waals surface area contributed by atoms with Crippen molar-refractivity contribution >= 4 is 16.9 Å². The lowest BCUT2D eigenvalue weighted by Crippen LogP contribution is -2.50. The Labute approximate surface area is 212 Å². The number of nitrogens with two attached hydrogens (primary N) is 1. The molecule has 1 saturated carbocycles. The number of fused-ring (bicyclic) bond motifs is 1. The molecule has 186 valence electrons. The molecule has 2 aromatic heterocycles. The number of anilines is 1. The molecular weight excluding hydrogens is 448 g/mol. The first-order valence-electron chi connectivity index (χ1n) is 13.0. The number of nitrogen functional groups attached to an aromatic ring is 1. The van der Waals surface area contributed by atoms with E-state index in [0.717, 1.165) is 66.3 Å². The number of piperazine rings is 1. The van der Waals surface area contributed by atoms with Gasteiger partial charge in [-0.25, -0.2) is 9.97 Å². The van der Waals surface area contributed by atoms with Crippen LogP contribution < -0.4 is 10.5 Å². The molecule has 1 aliphatic carbocycles. The summed E-state index contributed by atoms with van der Waals surface area (Å²) in [4.78, 5) is 14.2. The van der Waals surface area contributed by atoms with Crippen molar-refractivity contribution in [3.63, 3.8) is 0 Å². The summed E-state index contributed by atoms with van der Waals surface area (Å²) in [6.45, 7) is 4.65. The summed E-state index contributed by atoms with van der Waals surface area (Å²) in [6, 6.07) is 19.1. The van der Waals surface area contributed by atoms with Crippen molar-refractivity contribution in [1.29, 1.82) is 0 Å². The molecule has 0 amide bonds. The lowest BCUT2D eigenvalue weighted by molar-refractivity contribution is 0.0791. The molecule has 2 N–H and O–H groups in total. The zero-order valence-corrected chi connectivity index (χ0v) is 20.9. The average molecular weight is 483 g/mol. The molecule has 4 aromatic rings. The lowest BCUT2D eigenvalue weighted by atomic mass is 9.89. The number of hydrogen-bond acceptors (Lipinski definition) is 6. The number of ether oxygens (including phenoxy) is 1. The van der Waals surface area contributed by atoms with Gasteiger partial charge < -0.3 is 19.9 Å². The Balaban J connectivity index is 1.29. The first kappa shape index (κ1) is 23.0. The molecule has 3 heterocycles. The van der Waals surface area contributed by atoms with E-state index in [4.69, 9.17) is 15.5 Å². The van der Waals surface area contributed by atoms with Gasteiger partial charge in [0.1, 0.15) is 29.3 Å². The number of nitrogens with zero attached hydrogens (tertiary/aromatic N) is 5. The molecule has 2 aromatic carbocycles. The van der Waals surface area contributed by atoms with Crippen LogP contribution in [0.25, 0.3) is 22.2 Å². The van der Waals surface area contributed by atoms with Crippen LogP contribution in [-0.2, 0) is 0 Å². The molecule has 7 heteroatoms. The predicted octanol–water partition coefficient (Wildman–Crippen LogP) is 5.20. The zero-order valence-electron chi connectivity index (χ0n) is 20.9. The number of para-hydroxylation sites is 1. The van der Waals surface area contributed by atoms with Gasteiger partial charge in [-0.15, -0.1) is 0 Å². The van der Waals surface area contributed by atoms with Crippen molar-refractivity contribution in [2.24, 2.45) is 0 Å². The molecular formula is C29H34N6O. The van der Waals surface area contributed by atoms with Gasteiger partial charge in [0.25, 0.3) is 0 Å². The van der Waals surface area contributed by atoms with Crippen molar-refractivity contribution in [1.82, 2.24) is 24.3 Å². The van der Waals surface area contributed by atoms with Crippen molar-refractivity contribution in [2.75, 3.05) is 39.0 Å². The normalized spacial score (nSPS) is 21.6. The fourth-order valence-electron chi connectivity index (χ4n) is 5.84. The summed E-state index contributed by atoms with van der Waals surface area (Å²) < 4.78 is 8.37. The number of benzene rings is 2. The van der Waals surface area contributed by atoms with Crippen LogP contribution in [0, 0.1) is 0 Å². The first-order valence-corrected chi connectivity index (χ1v) is 13.0. The van der Waals surface area contributed by atoms with Crippen molar-refractivity contribution < 1.29 is 4.74 Å². The number of likely N-dealkylation sites (N-methyl/N-ethyl adjacent to an activating group) is 1. The largest absolute Gasteiger partial charge is 0.457 e. The van der Waals surface area contributed by atoms with Gasteiger partial charge in [0, 0.05) is 50.0 Å². The smallest absolute Gasteiger partial charge is 0.146 e. The first-order chi connectivity index (χ1) is 17.7. The van der Waals surface area contributed by atoms with E-state index in [0.29, 0.717) is 17.9 Å². The van der Waals surface area contributed by atoms with E-state index in [1.165, 1.54) is 19.3 Å². The van der Waals surface area contributed by atoms with E-state index in [1.54, 1.807) is 6.33 Å². The van der Waals surface area contributed by atoms with Crippen LogP contribution in [0.15, 0.2) is 67.1 Å². The third kappa shape index (κ3) is 4.56. The number of aromatic nitrogens is 3. The molecule has 36 heavy (non-hydrogen) atoms. The molecule has 0 radical (unpaired) electrons. The summed E-state index contributed by atoms with van der Waals surface area (Å²) in [5, 5.41) is 0.941. The molecule has 1 saturated heterocycles. The lowest BCUT2D eigenvalue weighted by Gasteiger charge is -2.41. The van der Waals surface area contributed by atoms with Gasteiger partial charge in [-0.1, -0.05) is 30.3 Å². The summed E-state index contributed by atoms with van der Waals surface area (Å²) in [6.07, 6.45) is 8.69. The van der Waals surface area contributed by atoms with E-state index in [1.807, 2.05) is 42.5 Å². The van der Waals surface area contributed by atoms with Crippen LogP contribution >= 0.6 is 0 Å². The predicted molar refractivity (Wildman–Crippen MR) is 144 cm³/mol. The third-order valence-electron chi connectivity index (χ3n) is 7.85. The monoisotopic (exact) mass is 482 g/mol. The van der Waals surface area contributed by atoms with Gasteiger partial charge >= 0.3 is 0 Å². The Morgan fingerprint density at radius 1 is 0.861 bits per heavy atom. The van der Waals surface area contributed by atoms with Gasteiger partial charge in [0.15, 0.2) is 0 Å². The highest BCUT2D eigenvalue weighted by atomic mass is 16.5. The minimum absolute atomic E-state index is 0.412. The Morgan fingerprint density at radius 2 is 1.58 bits per heavy atom. The Morgan fingerprint density at radius 3 is 2.36 bits per heavy atom. The second kappa shape index (κ2) is 9.91. The number of rotatable bonds is 5. The fraction of sp³-hybridized carbons (Fsp3) is 0.379. The van der Waals surface area contributed by atoms with E-state index in [-0.39, 0.29) is 0 Å². The summed E-state index contributed by atoms with van der Waals surface area (Å²) in [5.74, 6) is 2.16. The van der Waals surface area contributed by atoms with Gasteiger partial charge in [-0.2, -0.15) is 0 Å². The van der Waals surface area contributed by atoms with E-state index in [9.17, 15) is 0 Å². The van der Waals surface area contributed by atoms with Crippen LogP contribution in [0.5, 0.6) is 11.5 Å². The maximum atomic E-state index is 6.42. The molecule has 6 rings (SSSR count). The van der Waals surface area contributed by atoms with Crippen molar-refractivity contribution in [2.45, 2.75) is 37.8 Å². The SMILES string of the molecule is CN1CCN([C@H]2CCC[C@H](n3cc(-c4ccc(Oc5ccccc5)cc4)c4c(N)ncnc43)C2)CC1. The molecule has 1 aliphatic heterocycles. The highest BCUT2D eigenvalue weighted by Gasteiger charge is 2.30. The van der Waals surface area contributed by atoms with Crippen molar-refractivity contribution in [3.8, 4) is 22.6 Å². The van der Waals surface area contributed by atoms with Crippen molar-refractivity contribution in [3.05, 3.63) is 67.1 Å². The molecule has 2 atom stereocenters. The van der Waals surface area contributed by atoms with Gasteiger partial charge in [0.2, 0.25) is 0 Å². The second-order valence-electron chi connectivity index (χ2n) is 10.2. The summed E-state index contributed by atoms with van der Waals surface area (Å²) >= 11 is 0. The summed E-state index contributed by atoms with van der Waals surface area (Å²) in [5.41, 5.74) is 9.53. The standard InChI is InChI=1S/C29H34N6O/c1-33-14-16-34(17-15-33)22-6-5-7-23(18-22)35-19-26(27-28(30)31-20-32-29(27)35)21-10-12-25(13-11-21)36-24-8-3-2-4-9-24/h2-4,8-13,19-20,22-23H,5-7,14-18H2,1H3,(H2,30,31,32)/t22-,23-/m0/s1. The Hall–Kier alpha value is -3.42. The molecule has 2 aliphatic rings. The van der Waals surface area contributed by atoms with Crippen LogP contribution in [0.1, 0.15) is 31.7 Å². The Kier molecular flexibility index (Phi) is 6.34. The van der Waals surface area contributed by atoms with Crippen LogP contribution in [0.4, 0.5) is 5.82 Å². The van der Waals surface area contributed by atoms with Gasteiger partial charge in [-0.05, 0) is 62.6 Å². The minimum atomic E-state index is 0.412.